The van der Waals surface area contributed by atoms with Crippen LogP contribution >= 0.6 is 0 Å². The van der Waals surface area contributed by atoms with Crippen molar-refractivity contribution in [3.63, 3.8) is 0 Å². The number of fused-ring (bicyclic) bond motifs is 2. The molecule has 2 aromatic carbocycles. The molecule has 58 heavy (non-hydrogen) atoms. The maximum Gasteiger partial charge on any atom is 0.245 e. The zero-order valence-electron chi connectivity index (χ0n) is 33.9. The molecule has 6 rings (SSSR count). The summed E-state index contributed by atoms with van der Waals surface area (Å²) in [6.07, 6.45) is 0.122. The summed E-state index contributed by atoms with van der Waals surface area (Å²) in [6, 6.07) is 5.10. The van der Waals surface area contributed by atoms with Crippen molar-refractivity contribution in [2.75, 3.05) is 27.2 Å². The SMILES string of the molecule is CC[C@H](NC(=O)[C@H](C)NC)C(=O)N1C[C@@H](O)C[C@H]1Cc1c(C2=Nc3cc(F)ccc3C2C[C@@H]2C[C@H](O)CN2C(=O)[C@H](CC)NC(=O)[C@H](C)NC)[nH]c2cc(F)ccc12. The van der Waals surface area contributed by atoms with Gasteiger partial charge < -0.3 is 46.3 Å². The molecule has 2 saturated heterocycles. The predicted octanol–water partition coefficient (Wildman–Crippen LogP) is 2.53. The Balaban J connectivity index is 1.36. The van der Waals surface area contributed by atoms with Gasteiger partial charge >= 0.3 is 0 Å². The Labute approximate surface area is 337 Å². The summed E-state index contributed by atoms with van der Waals surface area (Å²) in [6.45, 7) is 7.15. The highest BCUT2D eigenvalue weighted by Gasteiger charge is 2.43. The zero-order valence-corrected chi connectivity index (χ0v) is 33.9. The summed E-state index contributed by atoms with van der Waals surface area (Å²) in [5.74, 6) is -2.74. The monoisotopic (exact) mass is 806 g/mol. The Morgan fingerprint density at radius 1 is 0.828 bits per heavy atom. The number of aromatic amines is 1. The second-order valence-electron chi connectivity index (χ2n) is 15.9. The largest absolute Gasteiger partial charge is 0.391 e. The number of benzene rings is 2. The number of aromatic nitrogens is 1. The van der Waals surface area contributed by atoms with Crippen LogP contribution in [0.25, 0.3) is 10.9 Å². The van der Waals surface area contributed by atoms with Gasteiger partial charge in [0, 0.05) is 42.0 Å². The lowest BCUT2D eigenvalue weighted by atomic mass is 9.85. The minimum Gasteiger partial charge on any atom is -0.391 e. The van der Waals surface area contributed by atoms with E-state index in [2.05, 4.69) is 26.3 Å². The van der Waals surface area contributed by atoms with Crippen molar-refractivity contribution in [3.05, 3.63) is 64.9 Å². The number of H-pyrrole nitrogens is 1. The molecule has 7 N–H and O–H groups in total. The standard InChI is InChI=1S/C42H56F2N8O6/c1-7-33(49-39(55)21(3)45-5)41(57)51-19-27(53)15-25(51)17-31-29-11-9-23(43)13-35(29)47-37(31)38-32(30-12-10-24(44)14-36(30)48-38)18-26-16-28(54)20-52(26)42(58)34(8-2)50-40(56)22(4)46-6/h9-14,21-22,25-28,31,33-34,45-46,48,53-54H,7-8,15-20H2,1-6H3,(H,49,55)(H,50,56)/t21-,22-,25-,26-,27-,28-,31?,33-,34-/m0/s1. The highest BCUT2D eigenvalue weighted by molar-refractivity contribution is 6.12. The number of aliphatic hydroxyl groups is 2. The van der Waals surface area contributed by atoms with Crippen molar-refractivity contribution in [2.24, 2.45) is 4.99 Å². The van der Waals surface area contributed by atoms with Crippen LogP contribution in [0.15, 0.2) is 41.4 Å². The second kappa shape index (κ2) is 18.0. The number of likely N-dealkylation sites (N-methyl/N-ethyl adjacent to an activating group) is 2. The van der Waals surface area contributed by atoms with Gasteiger partial charge in [0.05, 0.1) is 41.4 Å². The molecule has 0 bridgehead atoms. The van der Waals surface area contributed by atoms with Gasteiger partial charge in [-0.1, -0.05) is 19.9 Å². The van der Waals surface area contributed by atoms with E-state index in [4.69, 9.17) is 4.99 Å². The molecule has 1 unspecified atom stereocenters. The molecule has 0 spiro atoms. The third kappa shape index (κ3) is 8.79. The van der Waals surface area contributed by atoms with E-state index < -0.39 is 66.0 Å². The van der Waals surface area contributed by atoms with E-state index in [9.17, 15) is 38.2 Å². The molecule has 16 heteroatoms. The Bertz CT molecular complexity index is 2060. The lowest BCUT2D eigenvalue weighted by Gasteiger charge is -2.31. The van der Waals surface area contributed by atoms with Crippen molar-refractivity contribution >= 4 is 45.9 Å². The van der Waals surface area contributed by atoms with E-state index in [1.165, 1.54) is 24.3 Å². The van der Waals surface area contributed by atoms with Gasteiger partial charge in [-0.05, 0) is 108 Å². The molecular weight excluding hydrogens is 751 g/mol. The third-order valence-electron chi connectivity index (χ3n) is 12.1. The Hall–Kier alpha value is -4.77. The van der Waals surface area contributed by atoms with Crippen LogP contribution in [0.4, 0.5) is 14.5 Å². The molecule has 4 heterocycles. The molecule has 1 aromatic heterocycles. The molecule has 3 aliphatic heterocycles. The normalized spacial score (nSPS) is 23.7. The fraction of sp³-hybridized carbons (Fsp3) is 0.548. The molecule has 14 nitrogen and oxygen atoms in total. The smallest absolute Gasteiger partial charge is 0.245 e. The molecule has 314 valence electrons. The summed E-state index contributed by atoms with van der Waals surface area (Å²) in [5, 5.41) is 34.0. The number of halogens is 2. The van der Waals surface area contributed by atoms with E-state index in [0.29, 0.717) is 47.3 Å². The number of carbonyl (C=O) groups is 4. The van der Waals surface area contributed by atoms with Gasteiger partial charge in [0.25, 0.3) is 0 Å². The van der Waals surface area contributed by atoms with E-state index >= 15 is 0 Å². The molecule has 2 fully saturated rings. The highest BCUT2D eigenvalue weighted by atomic mass is 19.1. The van der Waals surface area contributed by atoms with Crippen molar-refractivity contribution in [1.29, 1.82) is 0 Å². The average Bonchev–Trinajstić information content (AvgIpc) is 3.96. The molecule has 3 aromatic rings. The first-order valence-electron chi connectivity index (χ1n) is 20.3. The number of hydrogen-bond acceptors (Lipinski definition) is 9. The predicted molar refractivity (Wildman–Crippen MR) is 216 cm³/mol. The number of likely N-dealkylation sites (tertiary alicyclic amines) is 2. The first kappa shape index (κ1) is 42.8. The summed E-state index contributed by atoms with van der Waals surface area (Å²) >= 11 is 0. The molecule has 4 amide bonds. The van der Waals surface area contributed by atoms with Crippen LogP contribution in [0.3, 0.4) is 0 Å². The van der Waals surface area contributed by atoms with E-state index in [0.717, 1.165) is 11.1 Å². The van der Waals surface area contributed by atoms with Gasteiger partial charge in [0.1, 0.15) is 23.7 Å². The quantitative estimate of drug-likeness (QED) is 0.122. The summed E-state index contributed by atoms with van der Waals surface area (Å²) in [7, 11) is 3.31. The molecule has 0 radical (unpaired) electrons. The van der Waals surface area contributed by atoms with Gasteiger partial charge in [0.2, 0.25) is 23.6 Å². The Kier molecular flexibility index (Phi) is 13.3. The number of β-amino-alcohol motifs (C(OH)–C–C–N with tert-alkyl or cyclic N) is 2. The van der Waals surface area contributed by atoms with Crippen LogP contribution in [0, 0.1) is 11.6 Å². The van der Waals surface area contributed by atoms with Crippen LogP contribution in [-0.4, -0.2) is 130 Å². The van der Waals surface area contributed by atoms with Crippen molar-refractivity contribution in [3.8, 4) is 0 Å². The van der Waals surface area contributed by atoms with Gasteiger partial charge in [-0.15, -0.1) is 0 Å². The number of hydrogen-bond donors (Lipinski definition) is 7. The molecule has 3 aliphatic rings. The van der Waals surface area contributed by atoms with Gasteiger partial charge in [-0.3, -0.25) is 24.2 Å². The minimum absolute atomic E-state index is 0.0685. The number of carbonyl (C=O) groups excluding carboxylic acids is 4. The number of aliphatic hydroxyl groups excluding tert-OH is 2. The summed E-state index contributed by atoms with van der Waals surface area (Å²) in [5.41, 5.74) is 3.40. The molecule has 9 atom stereocenters. The van der Waals surface area contributed by atoms with E-state index in [-0.39, 0.29) is 56.0 Å². The maximum atomic E-state index is 14.8. The number of aliphatic imine (C=N–C) groups is 1. The molecule has 0 aliphatic carbocycles. The lowest BCUT2D eigenvalue weighted by molar-refractivity contribution is -0.138. The van der Waals surface area contributed by atoms with Gasteiger partial charge in [-0.2, -0.15) is 0 Å². The number of nitrogens with zero attached hydrogens (tertiary/aromatic N) is 3. The van der Waals surface area contributed by atoms with E-state index in [1.54, 1.807) is 56.8 Å². The van der Waals surface area contributed by atoms with Crippen LogP contribution < -0.4 is 21.3 Å². The highest BCUT2D eigenvalue weighted by Crippen LogP contribution is 2.44. The van der Waals surface area contributed by atoms with Crippen molar-refractivity contribution in [2.45, 2.75) is 121 Å². The van der Waals surface area contributed by atoms with Crippen molar-refractivity contribution in [1.82, 2.24) is 36.1 Å². The summed E-state index contributed by atoms with van der Waals surface area (Å²) < 4.78 is 29.6. The van der Waals surface area contributed by atoms with Crippen LogP contribution in [0.1, 0.15) is 82.5 Å². The molecule has 0 saturated carbocycles. The fourth-order valence-electron chi connectivity index (χ4n) is 8.57. The first-order chi connectivity index (χ1) is 27.7. The fourth-order valence-corrected chi connectivity index (χ4v) is 8.57. The second-order valence-corrected chi connectivity index (χ2v) is 15.9. The number of amides is 4. The summed E-state index contributed by atoms with van der Waals surface area (Å²) in [4.78, 5) is 65.3. The average molecular weight is 807 g/mol. The molecular formula is C42H56F2N8O6. The van der Waals surface area contributed by atoms with Gasteiger partial charge in [-0.25, -0.2) is 8.78 Å². The number of rotatable bonds is 15. The Morgan fingerprint density at radius 3 is 1.93 bits per heavy atom. The van der Waals surface area contributed by atoms with Crippen LogP contribution in [0.2, 0.25) is 0 Å². The topological polar surface area (TPSA) is 191 Å². The first-order valence-corrected chi connectivity index (χ1v) is 20.3. The van der Waals surface area contributed by atoms with Crippen molar-refractivity contribution < 1.29 is 38.2 Å². The van der Waals surface area contributed by atoms with Crippen LogP contribution in [-0.2, 0) is 25.6 Å². The van der Waals surface area contributed by atoms with E-state index in [1.807, 2.05) is 6.92 Å². The lowest BCUT2D eigenvalue weighted by Crippen LogP contribution is -2.53. The number of nitrogens with one attached hydrogen (secondary N) is 5. The van der Waals surface area contributed by atoms with Crippen LogP contribution in [0.5, 0.6) is 0 Å². The Morgan fingerprint density at radius 2 is 1.36 bits per heavy atom. The van der Waals surface area contributed by atoms with Gasteiger partial charge in [0.15, 0.2) is 0 Å². The third-order valence-corrected chi connectivity index (χ3v) is 12.1. The zero-order chi connectivity index (χ0) is 42.0. The maximum absolute atomic E-state index is 14.8. The minimum atomic E-state index is -0.819.